The van der Waals surface area contributed by atoms with Gasteiger partial charge in [-0.3, -0.25) is 14.5 Å². The maximum atomic E-state index is 12.3. The predicted molar refractivity (Wildman–Crippen MR) is 97.5 cm³/mol. The van der Waals surface area contributed by atoms with Crippen molar-refractivity contribution in [1.29, 1.82) is 0 Å². The fourth-order valence-electron chi connectivity index (χ4n) is 3.62. The number of ether oxygens (including phenoxy) is 2. The lowest BCUT2D eigenvalue weighted by atomic mass is 9.99. The van der Waals surface area contributed by atoms with Gasteiger partial charge >= 0.3 is 0 Å². The summed E-state index contributed by atoms with van der Waals surface area (Å²) in [5.74, 6) is -0.938. The lowest BCUT2D eigenvalue weighted by Crippen LogP contribution is -2.33. The number of aliphatic hydroxyl groups is 1. The zero-order valence-corrected chi connectivity index (χ0v) is 16.0. The molecule has 0 bridgehead atoms. The summed E-state index contributed by atoms with van der Waals surface area (Å²) in [5.41, 5.74) is 0.815. The van der Waals surface area contributed by atoms with Crippen molar-refractivity contribution in [3.05, 3.63) is 28.8 Å². The van der Waals surface area contributed by atoms with E-state index in [2.05, 4.69) is 0 Å². The monoisotopic (exact) mass is 377 g/mol. The minimum absolute atomic E-state index is 0.0204. The highest BCUT2D eigenvalue weighted by molar-refractivity contribution is 6.21. The SMILES string of the molecule is CCC1CC(CCC[C@H](C)O)OC(c2cc3c(cc2O)C(=O)N(C)C3=O)O1. The van der Waals surface area contributed by atoms with Crippen LogP contribution in [0.2, 0.25) is 0 Å². The first-order valence-corrected chi connectivity index (χ1v) is 9.50. The van der Waals surface area contributed by atoms with Crippen LogP contribution in [0.3, 0.4) is 0 Å². The third kappa shape index (κ3) is 4.00. The molecule has 0 radical (unpaired) electrons. The molecule has 7 nitrogen and oxygen atoms in total. The number of amides is 2. The average molecular weight is 377 g/mol. The molecule has 0 aromatic heterocycles. The quantitative estimate of drug-likeness (QED) is 0.740. The van der Waals surface area contributed by atoms with Crippen LogP contribution in [-0.2, 0) is 9.47 Å². The van der Waals surface area contributed by atoms with Gasteiger partial charge in [0.1, 0.15) is 5.75 Å². The molecule has 0 aliphatic carbocycles. The largest absolute Gasteiger partial charge is 0.507 e. The third-order valence-corrected chi connectivity index (χ3v) is 5.25. The molecule has 27 heavy (non-hydrogen) atoms. The van der Waals surface area contributed by atoms with Crippen molar-refractivity contribution in [2.45, 2.75) is 70.6 Å². The zero-order valence-electron chi connectivity index (χ0n) is 16.0. The molecule has 3 rings (SSSR count). The van der Waals surface area contributed by atoms with Crippen LogP contribution >= 0.6 is 0 Å². The fourth-order valence-corrected chi connectivity index (χ4v) is 3.62. The van der Waals surface area contributed by atoms with Gasteiger partial charge in [-0.05, 0) is 44.7 Å². The van der Waals surface area contributed by atoms with Crippen molar-refractivity contribution in [2.24, 2.45) is 0 Å². The van der Waals surface area contributed by atoms with E-state index in [0.29, 0.717) is 12.0 Å². The van der Waals surface area contributed by atoms with Gasteiger partial charge in [0.15, 0.2) is 6.29 Å². The van der Waals surface area contributed by atoms with Crippen LogP contribution in [0.15, 0.2) is 12.1 Å². The number of imide groups is 1. The number of carbonyl (C=O) groups is 2. The van der Waals surface area contributed by atoms with Crippen LogP contribution in [0.1, 0.15) is 78.5 Å². The second-order valence-corrected chi connectivity index (χ2v) is 7.40. The topological polar surface area (TPSA) is 96.3 Å². The molecule has 2 N–H and O–H groups in total. The Hall–Kier alpha value is -1.96. The molecule has 0 saturated carbocycles. The number of hydrogen-bond acceptors (Lipinski definition) is 6. The minimum Gasteiger partial charge on any atom is -0.507 e. The highest BCUT2D eigenvalue weighted by atomic mass is 16.7. The first-order valence-electron chi connectivity index (χ1n) is 9.50. The summed E-state index contributed by atoms with van der Waals surface area (Å²) < 4.78 is 12.0. The molecule has 1 aromatic carbocycles. The molecule has 2 aliphatic heterocycles. The molecule has 1 aromatic rings. The summed E-state index contributed by atoms with van der Waals surface area (Å²) in [4.78, 5) is 25.4. The smallest absolute Gasteiger partial charge is 0.261 e. The van der Waals surface area contributed by atoms with Crippen LogP contribution in [0.25, 0.3) is 0 Å². The number of aromatic hydroxyl groups is 1. The van der Waals surface area contributed by atoms with Gasteiger partial charge in [-0.15, -0.1) is 0 Å². The van der Waals surface area contributed by atoms with E-state index < -0.39 is 18.1 Å². The van der Waals surface area contributed by atoms with Gasteiger partial charge in [-0.2, -0.15) is 0 Å². The van der Waals surface area contributed by atoms with Crippen molar-refractivity contribution in [3.8, 4) is 5.75 Å². The second-order valence-electron chi connectivity index (χ2n) is 7.40. The van der Waals surface area contributed by atoms with Gasteiger partial charge < -0.3 is 19.7 Å². The number of hydrogen-bond donors (Lipinski definition) is 2. The Bertz CT molecular complexity index is 731. The third-order valence-electron chi connectivity index (χ3n) is 5.25. The number of aliphatic hydroxyl groups excluding tert-OH is 1. The molecule has 4 atom stereocenters. The maximum absolute atomic E-state index is 12.3. The van der Waals surface area contributed by atoms with E-state index in [4.69, 9.17) is 9.47 Å². The Morgan fingerprint density at radius 2 is 1.81 bits per heavy atom. The maximum Gasteiger partial charge on any atom is 0.261 e. The molecular formula is C20H27NO6. The van der Waals surface area contributed by atoms with Crippen molar-refractivity contribution in [1.82, 2.24) is 4.90 Å². The number of nitrogens with zero attached hydrogens (tertiary/aromatic N) is 1. The standard InChI is InChI=1S/C20H27NO6/c1-4-12-8-13(7-5-6-11(2)22)27-20(26-12)16-9-14-15(10-17(16)23)19(25)21(3)18(14)24/h9-13,20,22-23H,4-8H2,1-3H3/t11-,12?,13?,20?/m0/s1. The van der Waals surface area contributed by atoms with Gasteiger partial charge in [0, 0.05) is 13.5 Å². The molecule has 1 saturated heterocycles. The summed E-state index contributed by atoms with van der Waals surface area (Å²) in [5, 5.41) is 19.9. The van der Waals surface area contributed by atoms with Crippen molar-refractivity contribution in [2.75, 3.05) is 7.05 Å². The van der Waals surface area contributed by atoms with Gasteiger partial charge in [-0.1, -0.05) is 6.92 Å². The average Bonchev–Trinajstić information content (AvgIpc) is 2.84. The zero-order chi connectivity index (χ0) is 19.7. The lowest BCUT2D eigenvalue weighted by molar-refractivity contribution is -0.249. The molecular weight excluding hydrogens is 350 g/mol. The number of fused-ring (bicyclic) bond motifs is 1. The van der Waals surface area contributed by atoms with Gasteiger partial charge in [0.25, 0.3) is 11.8 Å². The Morgan fingerprint density at radius 1 is 1.19 bits per heavy atom. The fraction of sp³-hybridized carbons (Fsp3) is 0.600. The van der Waals surface area contributed by atoms with Crippen LogP contribution < -0.4 is 0 Å². The highest BCUT2D eigenvalue weighted by Gasteiger charge is 2.37. The number of rotatable bonds is 6. The second kappa shape index (κ2) is 7.96. The number of carbonyl (C=O) groups excluding carboxylic acids is 2. The summed E-state index contributed by atoms with van der Waals surface area (Å²) in [6.07, 6.45) is 2.66. The van der Waals surface area contributed by atoms with Crippen LogP contribution in [0, 0.1) is 0 Å². The number of benzene rings is 1. The van der Waals surface area contributed by atoms with Crippen LogP contribution in [0.5, 0.6) is 5.75 Å². The molecule has 7 heteroatoms. The van der Waals surface area contributed by atoms with Crippen LogP contribution in [-0.4, -0.2) is 52.3 Å². The Kier molecular flexibility index (Phi) is 5.83. The Balaban J connectivity index is 1.82. The Morgan fingerprint density at radius 3 is 2.44 bits per heavy atom. The van der Waals surface area contributed by atoms with Crippen molar-refractivity contribution < 1.29 is 29.3 Å². The summed E-state index contributed by atoms with van der Waals surface area (Å²) in [7, 11) is 1.42. The molecule has 148 valence electrons. The normalized spacial score (nSPS) is 26.4. The molecule has 2 aliphatic rings. The van der Waals surface area contributed by atoms with E-state index in [0.717, 1.165) is 30.6 Å². The van der Waals surface area contributed by atoms with Crippen molar-refractivity contribution in [3.63, 3.8) is 0 Å². The molecule has 3 unspecified atom stereocenters. The highest BCUT2D eigenvalue weighted by Crippen LogP contribution is 2.39. The lowest BCUT2D eigenvalue weighted by Gasteiger charge is -2.36. The molecule has 1 fully saturated rings. The van der Waals surface area contributed by atoms with Crippen molar-refractivity contribution >= 4 is 11.8 Å². The Labute approximate surface area is 158 Å². The summed E-state index contributed by atoms with van der Waals surface area (Å²) in [6, 6.07) is 2.82. The first kappa shape index (κ1) is 19.8. The minimum atomic E-state index is -0.792. The van der Waals surface area contributed by atoms with Gasteiger partial charge in [-0.25, -0.2) is 0 Å². The van der Waals surface area contributed by atoms with Gasteiger partial charge in [0.2, 0.25) is 0 Å². The van der Waals surface area contributed by atoms with E-state index in [-0.39, 0.29) is 35.2 Å². The summed E-state index contributed by atoms with van der Waals surface area (Å²) >= 11 is 0. The number of phenols is 1. The summed E-state index contributed by atoms with van der Waals surface area (Å²) in [6.45, 7) is 3.79. The molecule has 2 amide bonds. The molecule has 2 heterocycles. The van der Waals surface area contributed by atoms with E-state index in [9.17, 15) is 19.8 Å². The van der Waals surface area contributed by atoms with Gasteiger partial charge in [0.05, 0.1) is 35.0 Å². The van der Waals surface area contributed by atoms with E-state index in [1.54, 1.807) is 6.92 Å². The van der Waals surface area contributed by atoms with E-state index in [1.807, 2.05) is 6.92 Å². The number of phenolic OH excluding ortho intramolecular Hbond substituents is 1. The van der Waals surface area contributed by atoms with Crippen LogP contribution in [0.4, 0.5) is 0 Å². The first-order chi connectivity index (χ1) is 12.8. The predicted octanol–water partition coefficient (Wildman–Crippen LogP) is 2.75. The van der Waals surface area contributed by atoms with E-state index in [1.165, 1.54) is 19.2 Å². The van der Waals surface area contributed by atoms with E-state index >= 15 is 0 Å². The molecule has 0 spiro atoms.